The number of alkyl halides is 3. The first-order chi connectivity index (χ1) is 5.58. The van der Waals surface area contributed by atoms with Gasteiger partial charge in [-0.15, -0.1) is 0 Å². The summed E-state index contributed by atoms with van der Waals surface area (Å²) in [6, 6.07) is 0. The van der Waals surface area contributed by atoms with E-state index in [-0.39, 0.29) is 6.54 Å². The van der Waals surface area contributed by atoms with Gasteiger partial charge in [0, 0.05) is 6.54 Å². The van der Waals surface area contributed by atoms with Crippen molar-refractivity contribution in [1.29, 1.82) is 0 Å². The number of nitrogens with zero attached hydrogens (tertiary/aromatic N) is 1. The molecule has 1 rings (SSSR count). The predicted molar refractivity (Wildman–Crippen MR) is 41.0 cm³/mol. The van der Waals surface area contributed by atoms with Gasteiger partial charge in [-0.2, -0.15) is 13.2 Å². The minimum atomic E-state index is -3.99. The van der Waals surface area contributed by atoms with Crippen molar-refractivity contribution in [2.45, 2.75) is 31.9 Å². The summed E-state index contributed by atoms with van der Waals surface area (Å²) in [6.45, 7) is 1.87. The molecule has 0 aromatic carbocycles. The van der Waals surface area contributed by atoms with Crippen LogP contribution in [0.2, 0.25) is 0 Å². The summed E-state index contributed by atoms with van der Waals surface area (Å²) in [7, 11) is 0. The van der Waals surface area contributed by atoms with Gasteiger partial charge in [0.1, 0.15) is 0 Å². The quantitative estimate of drug-likeness (QED) is 0.632. The second kappa shape index (κ2) is 4.12. The molecule has 4 heteroatoms. The van der Waals surface area contributed by atoms with Gasteiger partial charge in [0.25, 0.3) is 0 Å². The maximum atomic E-state index is 11.8. The Morgan fingerprint density at radius 3 is 2.08 bits per heavy atom. The van der Waals surface area contributed by atoms with Crippen molar-refractivity contribution in [3.8, 4) is 0 Å². The van der Waals surface area contributed by atoms with Gasteiger partial charge in [0.05, 0.1) is 6.42 Å². The molecule has 0 N–H and O–H groups in total. The SMILES string of the molecule is FC(F)(F)CCN1CCCCC1. The summed E-state index contributed by atoms with van der Waals surface area (Å²) in [5, 5.41) is 0. The molecule has 1 aliphatic rings. The molecule has 0 radical (unpaired) electrons. The highest BCUT2D eigenvalue weighted by Crippen LogP contribution is 2.20. The third-order valence-electron chi connectivity index (χ3n) is 2.16. The number of piperidine rings is 1. The van der Waals surface area contributed by atoms with Crippen molar-refractivity contribution in [2.75, 3.05) is 19.6 Å². The molecule has 0 aromatic heterocycles. The lowest BCUT2D eigenvalue weighted by molar-refractivity contribution is -0.138. The summed E-state index contributed by atoms with van der Waals surface area (Å²) >= 11 is 0. The van der Waals surface area contributed by atoms with Crippen molar-refractivity contribution in [3.05, 3.63) is 0 Å². The molecule has 1 saturated heterocycles. The van der Waals surface area contributed by atoms with Crippen LogP contribution in [0.4, 0.5) is 13.2 Å². The molecule has 0 aliphatic carbocycles. The number of likely N-dealkylation sites (tertiary alicyclic amines) is 1. The van der Waals surface area contributed by atoms with Gasteiger partial charge in [-0.1, -0.05) is 6.42 Å². The van der Waals surface area contributed by atoms with E-state index in [2.05, 4.69) is 0 Å². The first-order valence-corrected chi connectivity index (χ1v) is 4.37. The van der Waals surface area contributed by atoms with Crippen LogP contribution in [0.3, 0.4) is 0 Å². The van der Waals surface area contributed by atoms with Crippen molar-refractivity contribution in [1.82, 2.24) is 4.90 Å². The topological polar surface area (TPSA) is 3.24 Å². The molecule has 0 atom stereocenters. The highest BCUT2D eigenvalue weighted by atomic mass is 19.4. The Morgan fingerprint density at radius 2 is 1.58 bits per heavy atom. The van der Waals surface area contributed by atoms with Crippen LogP contribution >= 0.6 is 0 Å². The smallest absolute Gasteiger partial charge is 0.303 e. The van der Waals surface area contributed by atoms with E-state index < -0.39 is 12.6 Å². The minimum Gasteiger partial charge on any atom is -0.303 e. The summed E-state index contributed by atoms with van der Waals surface area (Å²) in [5.74, 6) is 0. The van der Waals surface area contributed by atoms with E-state index in [1.807, 2.05) is 4.90 Å². The first kappa shape index (κ1) is 9.84. The standard InChI is InChI=1S/C8H14F3N/c9-8(10,11)4-7-12-5-2-1-3-6-12/h1-7H2. The average Bonchev–Trinajstić information content (AvgIpc) is 2.02. The van der Waals surface area contributed by atoms with Gasteiger partial charge >= 0.3 is 6.18 Å². The zero-order chi connectivity index (χ0) is 9.03. The van der Waals surface area contributed by atoms with Gasteiger partial charge in [0.15, 0.2) is 0 Å². The molecule has 72 valence electrons. The fourth-order valence-electron chi connectivity index (χ4n) is 1.47. The fourth-order valence-corrected chi connectivity index (χ4v) is 1.47. The molecule has 12 heavy (non-hydrogen) atoms. The predicted octanol–water partition coefficient (Wildman–Crippen LogP) is 2.42. The lowest BCUT2D eigenvalue weighted by Crippen LogP contribution is -2.32. The van der Waals surface area contributed by atoms with E-state index in [4.69, 9.17) is 0 Å². The Hall–Kier alpha value is -0.250. The van der Waals surface area contributed by atoms with E-state index in [1.165, 1.54) is 6.42 Å². The van der Waals surface area contributed by atoms with Crippen LogP contribution < -0.4 is 0 Å². The molecule has 0 saturated carbocycles. The Bertz CT molecular complexity index is 127. The lowest BCUT2D eigenvalue weighted by Gasteiger charge is -2.26. The van der Waals surface area contributed by atoms with Crippen LogP contribution in [0, 0.1) is 0 Å². The third kappa shape index (κ3) is 3.95. The van der Waals surface area contributed by atoms with Gasteiger partial charge in [-0.3, -0.25) is 0 Å². The molecule has 0 aromatic rings. The largest absolute Gasteiger partial charge is 0.390 e. The second-order valence-corrected chi connectivity index (χ2v) is 3.27. The highest BCUT2D eigenvalue weighted by molar-refractivity contribution is 4.65. The Kier molecular flexibility index (Phi) is 3.38. The number of rotatable bonds is 2. The van der Waals surface area contributed by atoms with Crippen molar-refractivity contribution in [2.24, 2.45) is 0 Å². The van der Waals surface area contributed by atoms with E-state index in [0.717, 1.165) is 25.9 Å². The van der Waals surface area contributed by atoms with Crippen LogP contribution in [0.1, 0.15) is 25.7 Å². The summed E-state index contributed by atoms with van der Waals surface area (Å²) in [5.41, 5.74) is 0. The van der Waals surface area contributed by atoms with E-state index >= 15 is 0 Å². The van der Waals surface area contributed by atoms with E-state index in [0.29, 0.717) is 0 Å². The van der Waals surface area contributed by atoms with Gasteiger partial charge in [-0.25, -0.2) is 0 Å². The molecular formula is C8H14F3N. The molecule has 0 unspecified atom stereocenters. The molecule has 1 heterocycles. The van der Waals surface area contributed by atoms with Crippen LogP contribution in [-0.4, -0.2) is 30.7 Å². The average molecular weight is 181 g/mol. The first-order valence-electron chi connectivity index (χ1n) is 4.37. The molecule has 0 spiro atoms. The third-order valence-corrected chi connectivity index (χ3v) is 2.16. The summed E-state index contributed by atoms with van der Waals surface area (Å²) in [6.07, 6.45) is -1.37. The summed E-state index contributed by atoms with van der Waals surface area (Å²) < 4.78 is 35.4. The Labute approximate surface area is 70.5 Å². The molecule has 0 bridgehead atoms. The van der Waals surface area contributed by atoms with Crippen LogP contribution in [-0.2, 0) is 0 Å². The lowest BCUT2D eigenvalue weighted by atomic mass is 10.1. The zero-order valence-electron chi connectivity index (χ0n) is 7.03. The minimum absolute atomic E-state index is 0.184. The Morgan fingerprint density at radius 1 is 1.00 bits per heavy atom. The molecule has 0 amide bonds. The van der Waals surface area contributed by atoms with Gasteiger partial charge in [-0.05, 0) is 25.9 Å². The molecule has 1 nitrogen and oxygen atoms in total. The summed E-state index contributed by atoms with van der Waals surface area (Å²) in [4.78, 5) is 1.90. The number of halogens is 3. The van der Waals surface area contributed by atoms with Crippen molar-refractivity contribution < 1.29 is 13.2 Å². The zero-order valence-corrected chi connectivity index (χ0v) is 7.03. The van der Waals surface area contributed by atoms with E-state index in [1.54, 1.807) is 0 Å². The van der Waals surface area contributed by atoms with Crippen LogP contribution in [0.5, 0.6) is 0 Å². The van der Waals surface area contributed by atoms with Crippen LogP contribution in [0.25, 0.3) is 0 Å². The van der Waals surface area contributed by atoms with Gasteiger partial charge in [0.2, 0.25) is 0 Å². The highest BCUT2D eigenvalue weighted by Gasteiger charge is 2.27. The van der Waals surface area contributed by atoms with Crippen molar-refractivity contribution >= 4 is 0 Å². The van der Waals surface area contributed by atoms with Gasteiger partial charge < -0.3 is 4.90 Å². The van der Waals surface area contributed by atoms with Crippen LogP contribution in [0.15, 0.2) is 0 Å². The monoisotopic (exact) mass is 181 g/mol. The second-order valence-electron chi connectivity index (χ2n) is 3.27. The normalized spacial score (nSPS) is 21.2. The maximum Gasteiger partial charge on any atom is 0.390 e. The maximum absolute atomic E-state index is 11.8. The number of hydrogen-bond donors (Lipinski definition) is 0. The number of hydrogen-bond acceptors (Lipinski definition) is 1. The Balaban J connectivity index is 2.13. The molecule has 1 aliphatic heterocycles. The van der Waals surface area contributed by atoms with E-state index in [9.17, 15) is 13.2 Å². The van der Waals surface area contributed by atoms with Crippen molar-refractivity contribution in [3.63, 3.8) is 0 Å². The molecular weight excluding hydrogens is 167 g/mol. The molecule has 1 fully saturated rings. The fraction of sp³-hybridized carbons (Fsp3) is 1.00.